The van der Waals surface area contributed by atoms with Crippen LogP contribution in [-0.2, 0) is 18.8 Å². The second-order valence-corrected chi connectivity index (χ2v) is 12.9. The van der Waals surface area contributed by atoms with Crippen LogP contribution in [0.5, 0.6) is 0 Å². The molecule has 142 valence electrons. The Kier molecular flexibility index (Phi) is 5.65. The summed E-state index contributed by atoms with van der Waals surface area (Å²) in [5.74, 6) is -0.416. The zero-order chi connectivity index (χ0) is 19.0. The highest BCUT2D eigenvalue weighted by Gasteiger charge is 2.55. The van der Waals surface area contributed by atoms with Crippen LogP contribution in [0.4, 0.5) is 4.79 Å². The number of nitrogens with zero attached hydrogens (tertiary/aromatic N) is 2. The van der Waals surface area contributed by atoms with Gasteiger partial charge in [0.25, 0.3) is 0 Å². The highest BCUT2D eigenvalue weighted by atomic mass is 28.4. The molecule has 0 spiro atoms. The van der Waals surface area contributed by atoms with E-state index in [2.05, 4.69) is 40.4 Å². The van der Waals surface area contributed by atoms with Crippen molar-refractivity contribution in [1.82, 2.24) is 9.96 Å². The van der Waals surface area contributed by atoms with E-state index in [4.69, 9.17) is 14.0 Å². The maximum Gasteiger partial charge on any atom is 0.345 e. The van der Waals surface area contributed by atoms with Gasteiger partial charge >= 0.3 is 12.0 Å². The first kappa shape index (κ1) is 19.9. The third-order valence-corrected chi connectivity index (χ3v) is 9.94. The van der Waals surface area contributed by atoms with E-state index in [0.717, 1.165) is 0 Å². The smallest absolute Gasteiger partial charge is 0.345 e. The molecular weight excluding hydrogens is 340 g/mol. The number of ether oxygens (including phenoxy) is 1. The van der Waals surface area contributed by atoms with Crippen LogP contribution < -0.4 is 0 Å². The van der Waals surface area contributed by atoms with Gasteiger partial charge in [-0.1, -0.05) is 26.8 Å². The van der Waals surface area contributed by atoms with Crippen LogP contribution in [-0.4, -0.2) is 68.7 Å². The Hall–Kier alpha value is -1.38. The van der Waals surface area contributed by atoms with Crippen LogP contribution in [0.2, 0.25) is 18.1 Å². The lowest BCUT2D eigenvalue weighted by atomic mass is 9.98. The van der Waals surface area contributed by atoms with Crippen LogP contribution in [0.25, 0.3) is 0 Å². The molecule has 0 aliphatic carbocycles. The van der Waals surface area contributed by atoms with Crippen molar-refractivity contribution < 1.29 is 23.6 Å². The Morgan fingerprint density at radius 3 is 2.56 bits per heavy atom. The van der Waals surface area contributed by atoms with Gasteiger partial charge in [-0.2, -0.15) is 5.06 Å². The standard InChI is InChI=1S/C17H30N2O5Si/c1-8-9-23-19-13-11-18(16(19)21)12(15(20)22-5)10-14(13)24-25(6,7)17(2,3)4/h8,12-14H,1,9-11H2,2-7H3/t12-,13-,14?/m0/s1. The van der Waals surface area contributed by atoms with Crippen molar-refractivity contribution in [2.45, 2.75) is 63.5 Å². The second kappa shape index (κ2) is 7.09. The molecule has 2 saturated heterocycles. The SMILES string of the molecule is C=CCON1C(=O)N2C[C@H]1C(O[Si](C)(C)C(C)(C)C)C[C@H]2C(=O)OC. The van der Waals surface area contributed by atoms with Crippen molar-refractivity contribution in [3.63, 3.8) is 0 Å². The molecule has 25 heavy (non-hydrogen) atoms. The molecule has 2 fully saturated rings. The first-order valence-corrected chi connectivity index (χ1v) is 11.5. The third-order valence-electron chi connectivity index (χ3n) is 5.44. The first-order valence-electron chi connectivity index (χ1n) is 8.62. The van der Waals surface area contributed by atoms with Gasteiger partial charge in [-0.3, -0.25) is 4.84 Å². The van der Waals surface area contributed by atoms with Gasteiger partial charge in [0.15, 0.2) is 8.32 Å². The number of rotatable bonds is 6. The van der Waals surface area contributed by atoms with Crippen LogP contribution in [0, 0.1) is 0 Å². The van der Waals surface area contributed by atoms with E-state index in [9.17, 15) is 9.59 Å². The third kappa shape index (κ3) is 3.75. The predicted molar refractivity (Wildman–Crippen MR) is 96.4 cm³/mol. The van der Waals surface area contributed by atoms with Crippen molar-refractivity contribution in [2.24, 2.45) is 0 Å². The van der Waals surface area contributed by atoms with E-state index < -0.39 is 20.3 Å². The number of hydrogen-bond acceptors (Lipinski definition) is 5. The monoisotopic (exact) mass is 370 g/mol. The lowest BCUT2D eigenvalue weighted by Gasteiger charge is -2.43. The van der Waals surface area contributed by atoms with Crippen molar-refractivity contribution >= 4 is 20.3 Å². The van der Waals surface area contributed by atoms with Gasteiger partial charge in [-0.05, 0) is 18.1 Å². The molecule has 2 bridgehead atoms. The largest absolute Gasteiger partial charge is 0.467 e. The average Bonchev–Trinajstić information content (AvgIpc) is 2.79. The van der Waals surface area contributed by atoms with Gasteiger partial charge in [0.1, 0.15) is 12.1 Å². The fraction of sp³-hybridized carbons (Fsp3) is 0.765. The Morgan fingerprint density at radius 1 is 1.40 bits per heavy atom. The van der Waals surface area contributed by atoms with E-state index >= 15 is 0 Å². The minimum Gasteiger partial charge on any atom is -0.467 e. The number of hydrogen-bond donors (Lipinski definition) is 0. The molecule has 7 nitrogen and oxygen atoms in total. The summed E-state index contributed by atoms with van der Waals surface area (Å²) in [6.07, 6.45) is 1.74. The first-order chi connectivity index (χ1) is 11.5. The van der Waals surface area contributed by atoms with Crippen molar-refractivity contribution in [3.05, 3.63) is 12.7 Å². The number of amides is 2. The van der Waals surface area contributed by atoms with Gasteiger partial charge in [0.05, 0.1) is 19.8 Å². The van der Waals surface area contributed by atoms with E-state index in [1.54, 1.807) is 6.08 Å². The number of methoxy groups -OCH3 is 1. The number of carbonyl (C=O) groups excluding carboxylic acids is 2. The highest BCUT2D eigenvalue weighted by Crippen LogP contribution is 2.41. The Labute approximate surface area is 151 Å². The van der Waals surface area contributed by atoms with Crippen molar-refractivity contribution in [1.29, 1.82) is 0 Å². The lowest BCUT2D eigenvalue weighted by Crippen LogP contribution is -2.56. The predicted octanol–water partition coefficient (Wildman–Crippen LogP) is 2.55. The number of piperidine rings is 1. The molecule has 0 aromatic rings. The zero-order valence-corrected chi connectivity index (χ0v) is 17.1. The van der Waals surface area contributed by atoms with Gasteiger partial charge in [0.2, 0.25) is 0 Å². The van der Waals surface area contributed by atoms with Crippen LogP contribution in [0.15, 0.2) is 12.7 Å². The Bertz CT molecular complexity index is 546. The maximum atomic E-state index is 12.7. The van der Waals surface area contributed by atoms with E-state index in [1.165, 1.54) is 17.1 Å². The van der Waals surface area contributed by atoms with E-state index in [-0.39, 0.29) is 29.8 Å². The topological polar surface area (TPSA) is 68.3 Å². The molecule has 0 N–H and O–H groups in total. The highest BCUT2D eigenvalue weighted by molar-refractivity contribution is 6.74. The summed E-state index contributed by atoms with van der Waals surface area (Å²) in [5.41, 5.74) is 0. The molecule has 0 saturated carbocycles. The second-order valence-electron chi connectivity index (χ2n) is 8.10. The minimum atomic E-state index is -2.07. The van der Waals surface area contributed by atoms with Gasteiger partial charge in [0, 0.05) is 13.0 Å². The van der Waals surface area contributed by atoms with E-state index in [0.29, 0.717) is 13.0 Å². The molecule has 2 amide bonds. The molecule has 2 rings (SSSR count). The molecule has 2 aliphatic rings. The number of esters is 1. The molecule has 2 heterocycles. The summed E-state index contributed by atoms with van der Waals surface area (Å²) in [7, 11) is -0.736. The molecule has 8 heteroatoms. The normalized spacial score (nSPS) is 26.8. The van der Waals surface area contributed by atoms with Crippen LogP contribution in [0.1, 0.15) is 27.2 Å². The number of urea groups is 1. The van der Waals surface area contributed by atoms with Crippen molar-refractivity contribution in [2.75, 3.05) is 20.3 Å². The quantitative estimate of drug-likeness (QED) is 0.408. The molecule has 3 atom stereocenters. The lowest BCUT2D eigenvalue weighted by molar-refractivity contribution is -0.150. The summed E-state index contributed by atoms with van der Waals surface area (Å²) in [6, 6.07) is -1.19. The van der Waals surface area contributed by atoms with E-state index in [1.807, 2.05) is 0 Å². The van der Waals surface area contributed by atoms with Crippen molar-refractivity contribution in [3.8, 4) is 0 Å². The molecule has 1 unspecified atom stereocenters. The van der Waals surface area contributed by atoms with Gasteiger partial charge in [-0.15, -0.1) is 6.58 Å². The van der Waals surface area contributed by atoms with Gasteiger partial charge < -0.3 is 14.1 Å². The van der Waals surface area contributed by atoms with Crippen LogP contribution >= 0.6 is 0 Å². The maximum absolute atomic E-state index is 12.7. The summed E-state index contributed by atoms with van der Waals surface area (Å²) >= 11 is 0. The summed E-state index contributed by atoms with van der Waals surface area (Å²) in [5, 5.41) is 1.38. The van der Waals surface area contributed by atoms with Gasteiger partial charge in [-0.25, -0.2) is 9.59 Å². The fourth-order valence-corrected chi connectivity index (χ4v) is 4.34. The zero-order valence-electron chi connectivity index (χ0n) is 16.1. The molecule has 0 aromatic heterocycles. The molecule has 0 radical (unpaired) electrons. The minimum absolute atomic E-state index is 0.0281. The average molecular weight is 371 g/mol. The molecule has 2 aliphatic heterocycles. The summed E-state index contributed by atoms with van der Waals surface area (Å²) < 4.78 is 11.5. The Morgan fingerprint density at radius 2 is 2.04 bits per heavy atom. The molecular formula is C17H30N2O5Si. The number of fused-ring (bicyclic) bond motifs is 2. The fourth-order valence-electron chi connectivity index (χ4n) is 2.98. The number of carbonyl (C=O) groups is 2. The summed E-state index contributed by atoms with van der Waals surface area (Å²) in [4.78, 5) is 32.0. The number of hydroxylamine groups is 2. The summed E-state index contributed by atoms with van der Waals surface area (Å²) in [6.45, 7) is 15.1. The Balaban J connectivity index is 2.29. The van der Waals surface area contributed by atoms with Crippen LogP contribution in [0.3, 0.4) is 0 Å². The molecule has 0 aromatic carbocycles.